The summed E-state index contributed by atoms with van der Waals surface area (Å²) in [5.74, 6) is -0.254. The molecule has 2 aliphatic heterocycles. The molecule has 2 heterocycles. The molecule has 7 heteroatoms. The van der Waals surface area contributed by atoms with Crippen molar-refractivity contribution < 1.29 is 19.0 Å². The molecule has 184 valence electrons. The molecule has 0 saturated carbocycles. The molecule has 2 aromatic carbocycles. The molecule has 34 heavy (non-hydrogen) atoms. The normalized spacial score (nSPS) is 29.0. The smallest absolute Gasteiger partial charge is 0.151 e. The Balaban J connectivity index is 1.48. The van der Waals surface area contributed by atoms with Gasteiger partial charge in [0.25, 0.3) is 0 Å². The molecule has 2 aromatic rings. The average molecular weight is 489 g/mol. The Morgan fingerprint density at radius 2 is 1.88 bits per heavy atom. The largest absolute Gasteiger partial charge is 0.385 e. The van der Waals surface area contributed by atoms with Gasteiger partial charge in [-0.25, -0.2) is 4.39 Å². The number of benzene rings is 2. The van der Waals surface area contributed by atoms with Crippen molar-refractivity contribution in [3.63, 3.8) is 0 Å². The maximum absolute atomic E-state index is 13.3. The number of aldehydes is 1. The predicted molar refractivity (Wildman–Crippen MR) is 131 cm³/mol. The molecule has 0 amide bonds. The highest BCUT2D eigenvalue weighted by molar-refractivity contribution is 6.30. The third kappa shape index (κ3) is 5.07. The van der Waals surface area contributed by atoms with E-state index in [0.29, 0.717) is 44.1 Å². The quantitative estimate of drug-likeness (QED) is 0.616. The van der Waals surface area contributed by atoms with Crippen LogP contribution in [0.2, 0.25) is 5.02 Å². The first-order valence-electron chi connectivity index (χ1n) is 11.9. The van der Waals surface area contributed by atoms with Gasteiger partial charge < -0.3 is 14.6 Å². The van der Waals surface area contributed by atoms with Crippen LogP contribution < -0.4 is 0 Å². The van der Waals surface area contributed by atoms with Crippen molar-refractivity contribution in [2.45, 2.75) is 57.5 Å². The molecule has 5 nitrogen and oxygen atoms in total. The zero-order valence-electron chi connectivity index (χ0n) is 20.1. The summed E-state index contributed by atoms with van der Waals surface area (Å²) >= 11 is 6.06. The zero-order chi connectivity index (χ0) is 24.5. The van der Waals surface area contributed by atoms with E-state index in [-0.39, 0.29) is 18.0 Å². The SMILES string of the molecule is C[C@H]1CO[C@H](Cc2ccc(F)cc2)CN1C(C=O)N1CC[C@@](O)(c2ccc(Cl)cc2)C(C)(C)C1. The van der Waals surface area contributed by atoms with E-state index < -0.39 is 17.2 Å². The van der Waals surface area contributed by atoms with Gasteiger partial charge in [-0.2, -0.15) is 0 Å². The Bertz CT molecular complexity index is 984. The van der Waals surface area contributed by atoms with Crippen LogP contribution in [0.25, 0.3) is 0 Å². The Morgan fingerprint density at radius 1 is 1.21 bits per heavy atom. The fourth-order valence-electron chi connectivity index (χ4n) is 5.44. The predicted octanol–water partition coefficient (Wildman–Crippen LogP) is 4.26. The van der Waals surface area contributed by atoms with Gasteiger partial charge in [0.15, 0.2) is 6.29 Å². The molecule has 0 bridgehead atoms. The molecule has 0 aliphatic carbocycles. The molecule has 1 N–H and O–H groups in total. The van der Waals surface area contributed by atoms with Gasteiger partial charge >= 0.3 is 0 Å². The number of carbonyl (C=O) groups excluding carboxylic acids is 1. The van der Waals surface area contributed by atoms with E-state index in [2.05, 4.69) is 30.6 Å². The van der Waals surface area contributed by atoms with Gasteiger partial charge in [0.2, 0.25) is 0 Å². The number of nitrogens with zero attached hydrogens (tertiary/aromatic N) is 2. The topological polar surface area (TPSA) is 53.0 Å². The minimum absolute atomic E-state index is 0.0760. The van der Waals surface area contributed by atoms with Crippen molar-refractivity contribution >= 4 is 17.9 Å². The lowest BCUT2D eigenvalue weighted by Crippen LogP contribution is -2.64. The summed E-state index contributed by atoms with van der Waals surface area (Å²) in [5.41, 5.74) is 0.367. The number of likely N-dealkylation sites (tertiary alicyclic amines) is 1. The average Bonchev–Trinajstić information content (AvgIpc) is 2.80. The number of hydrogen-bond acceptors (Lipinski definition) is 5. The van der Waals surface area contributed by atoms with Gasteiger partial charge in [-0.1, -0.05) is 49.7 Å². The van der Waals surface area contributed by atoms with E-state index in [1.165, 1.54) is 12.1 Å². The maximum atomic E-state index is 13.3. The van der Waals surface area contributed by atoms with E-state index >= 15 is 0 Å². The number of carbonyl (C=O) groups is 1. The number of aliphatic hydroxyl groups is 1. The monoisotopic (exact) mass is 488 g/mol. The molecule has 0 radical (unpaired) electrons. The van der Waals surface area contributed by atoms with Gasteiger partial charge in [-0.3, -0.25) is 9.80 Å². The number of ether oxygens (including phenoxy) is 1. The Morgan fingerprint density at radius 3 is 2.50 bits per heavy atom. The van der Waals surface area contributed by atoms with E-state index in [4.69, 9.17) is 16.3 Å². The van der Waals surface area contributed by atoms with Crippen molar-refractivity contribution in [1.82, 2.24) is 9.80 Å². The third-order valence-electron chi connectivity index (χ3n) is 7.57. The molecule has 4 rings (SSSR count). The van der Waals surface area contributed by atoms with Crippen LogP contribution in [-0.4, -0.2) is 65.7 Å². The highest BCUT2D eigenvalue weighted by Gasteiger charge is 2.50. The molecule has 2 fully saturated rings. The summed E-state index contributed by atoms with van der Waals surface area (Å²) in [6, 6.07) is 14.0. The zero-order valence-corrected chi connectivity index (χ0v) is 20.8. The van der Waals surface area contributed by atoms with Crippen LogP contribution in [-0.2, 0) is 21.6 Å². The van der Waals surface area contributed by atoms with Crippen LogP contribution in [0.5, 0.6) is 0 Å². The van der Waals surface area contributed by atoms with Crippen LogP contribution in [0.3, 0.4) is 0 Å². The van der Waals surface area contributed by atoms with Crippen LogP contribution >= 0.6 is 11.6 Å². The molecule has 2 aliphatic rings. The standard InChI is InChI=1S/C27H34ClFN2O3/c1-19-17-34-24(14-20-4-10-23(29)11-5-20)15-31(19)25(16-32)30-13-12-27(33,26(2,3)18-30)21-6-8-22(28)9-7-21/h4-11,16,19,24-25,33H,12-15,17-18H2,1-3H3/t19-,24+,25?,27+/m0/s1. The van der Waals surface area contributed by atoms with Gasteiger partial charge in [0, 0.05) is 36.1 Å². The van der Waals surface area contributed by atoms with Crippen molar-refractivity contribution in [2.24, 2.45) is 5.41 Å². The lowest BCUT2D eigenvalue weighted by molar-refractivity contribution is -0.165. The number of rotatable bonds is 6. The second-order valence-electron chi connectivity index (χ2n) is 10.4. The Kier molecular flexibility index (Phi) is 7.46. The number of piperidine rings is 1. The van der Waals surface area contributed by atoms with Crippen molar-refractivity contribution in [3.05, 3.63) is 70.5 Å². The minimum atomic E-state index is -1.01. The lowest BCUT2D eigenvalue weighted by atomic mass is 9.66. The maximum Gasteiger partial charge on any atom is 0.151 e. The summed E-state index contributed by atoms with van der Waals surface area (Å²) in [6.45, 7) is 8.48. The first-order chi connectivity index (χ1) is 16.1. The molecule has 4 atom stereocenters. The van der Waals surface area contributed by atoms with E-state index in [1.54, 1.807) is 12.1 Å². The number of halogens is 2. The summed E-state index contributed by atoms with van der Waals surface area (Å²) in [7, 11) is 0. The third-order valence-corrected chi connectivity index (χ3v) is 7.82. The van der Waals surface area contributed by atoms with Gasteiger partial charge in [-0.05, 0) is 55.2 Å². The first kappa shape index (κ1) is 25.3. The highest BCUT2D eigenvalue weighted by Crippen LogP contribution is 2.46. The summed E-state index contributed by atoms with van der Waals surface area (Å²) < 4.78 is 19.3. The van der Waals surface area contributed by atoms with Gasteiger partial charge in [0.1, 0.15) is 12.0 Å². The van der Waals surface area contributed by atoms with Crippen molar-refractivity contribution in [1.29, 1.82) is 0 Å². The van der Waals surface area contributed by atoms with E-state index in [9.17, 15) is 14.3 Å². The summed E-state index contributed by atoms with van der Waals surface area (Å²) in [5, 5.41) is 12.3. The Hall–Kier alpha value is -1.83. The molecule has 2 saturated heterocycles. The van der Waals surface area contributed by atoms with Crippen LogP contribution in [0.15, 0.2) is 48.5 Å². The van der Waals surface area contributed by atoms with Gasteiger partial charge in [0.05, 0.1) is 18.3 Å². The van der Waals surface area contributed by atoms with Crippen molar-refractivity contribution in [2.75, 3.05) is 26.2 Å². The molecule has 0 aromatic heterocycles. The highest BCUT2D eigenvalue weighted by atomic mass is 35.5. The van der Waals surface area contributed by atoms with E-state index in [0.717, 1.165) is 17.4 Å². The lowest BCUT2D eigenvalue weighted by Gasteiger charge is -2.54. The fourth-order valence-corrected chi connectivity index (χ4v) is 5.56. The molecular formula is C27H34ClFN2O3. The molecule has 0 spiro atoms. The number of hydrogen-bond donors (Lipinski definition) is 1. The van der Waals surface area contributed by atoms with Crippen LogP contribution in [0.4, 0.5) is 4.39 Å². The van der Waals surface area contributed by atoms with Crippen LogP contribution in [0, 0.1) is 11.2 Å². The second kappa shape index (κ2) is 10.0. The summed E-state index contributed by atoms with van der Waals surface area (Å²) in [4.78, 5) is 16.8. The van der Waals surface area contributed by atoms with Gasteiger partial charge in [-0.15, -0.1) is 0 Å². The Labute approximate surface area is 206 Å². The second-order valence-corrected chi connectivity index (χ2v) is 10.8. The first-order valence-corrected chi connectivity index (χ1v) is 12.3. The fraction of sp³-hybridized carbons (Fsp3) is 0.519. The minimum Gasteiger partial charge on any atom is -0.385 e. The van der Waals surface area contributed by atoms with Crippen molar-refractivity contribution in [3.8, 4) is 0 Å². The van der Waals surface area contributed by atoms with Crippen LogP contribution in [0.1, 0.15) is 38.3 Å². The molecular weight excluding hydrogens is 455 g/mol. The summed E-state index contributed by atoms with van der Waals surface area (Å²) in [6.07, 6.45) is 1.72. The van der Waals surface area contributed by atoms with E-state index in [1.807, 2.05) is 24.3 Å². The molecule has 1 unspecified atom stereocenters. The number of morpholine rings is 1.